The first-order valence-electron chi connectivity index (χ1n) is 7.80. The molecule has 0 saturated carbocycles. The van der Waals surface area contributed by atoms with E-state index in [1.165, 1.54) is 0 Å². The zero-order chi connectivity index (χ0) is 18.4. The maximum atomic E-state index is 11.2. The van der Waals surface area contributed by atoms with Crippen molar-refractivity contribution in [1.29, 1.82) is 0 Å². The monoisotopic (exact) mass is 369 g/mol. The van der Waals surface area contributed by atoms with E-state index in [1.54, 1.807) is 13.1 Å². The Labute approximate surface area is 154 Å². The molecule has 7 nitrogen and oxygen atoms in total. The molecular weight excluding hydrogens is 354 g/mol. The fraction of sp³-hybridized carbons (Fsp3) is 0.111. The molecule has 1 heterocycles. The van der Waals surface area contributed by atoms with Crippen LogP contribution in [0.25, 0.3) is 0 Å². The molecule has 0 amide bonds. The summed E-state index contributed by atoms with van der Waals surface area (Å²) in [5, 5.41) is 10.8. The molecule has 26 heavy (non-hydrogen) atoms. The van der Waals surface area contributed by atoms with Crippen molar-refractivity contribution in [3.8, 4) is 5.75 Å². The van der Waals surface area contributed by atoms with Gasteiger partial charge in [0.05, 0.1) is 6.21 Å². The lowest BCUT2D eigenvalue weighted by Crippen LogP contribution is -2.15. The van der Waals surface area contributed by atoms with E-state index in [0.29, 0.717) is 23.1 Å². The van der Waals surface area contributed by atoms with Crippen LogP contribution in [0.1, 0.15) is 16.8 Å². The Morgan fingerprint density at radius 2 is 2.08 bits per heavy atom. The Kier molecular flexibility index (Phi) is 5.60. The molecule has 132 valence electrons. The fourth-order valence-corrected chi connectivity index (χ4v) is 2.22. The van der Waals surface area contributed by atoms with Gasteiger partial charge in [-0.1, -0.05) is 35.9 Å². The predicted octanol–water partition coefficient (Wildman–Crippen LogP) is 3.15. The van der Waals surface area contributed by atoms with Gasteiger partial charge < -0.3 is 4.74 Å². The van der Waals surface area contributed by atoms with Crippen molar-refractivity contribution < 1.29 is 4.74 Å². The van der Waals surface area contributed by atoms with Gasteiger partial charge in [-0.2, -0.15) is 15.2 Å². The van der Waals surface area contributed by atoms with Gasteiger partial charge in [-0.15, -0.1) is 0 Å². The number of H-pyrrole nitrogens is 1. The van der Waals surface area contributed by atoms with E-state index in [4.69, 9.17) is 16.3 Å². The van der Waals surface area contributed by atoms with Crippen molar-refractivity contribution in [2.75, 3.05) is 5.43 Å². The van der Waals surface area contributed by atoms with Gasteiger partial charge in [-0.25, -0.2) is 9.89 Å². The number of halogens is 1. The van der Waals surface area contributed by atoms with E-state index in [9.17, 15) is 4.79 Å². The quantitative estimate of drug-likeness (QED) is 0.514. The van der Waals surface area contributed by atoms with Crippen LogP contribution in [0.5, 0.6) is 5.75 Å². The molecule has 0 aliphatic rings. The lowest BCUT2D eigenvalue weighted by atomic mass is 10.2. The number of aromatic nitrogens is 3. The molecule has 0 bridgehead atoms. The van der Waals surface area contributed by atoms with Crippen molar-refractivity contribution >= 4 is 23.6 Å². The van der Waals surface area contributed by atoms with E-state index in [-0.39, 0.29) is 0 Å². The third kappa shape index (κ3) is 4.90. The maximum absolute atomic E-state index is 11.2. The maximum Gasteiger partial charge on any atom is 0.363 e. The molecule has 1 aromatic heterocycles. The average molecular weight is 370 g/mol. The molecular formula is C18H16ClN5O2. The van der Waals surface area contributed by atoms with E-state index >= 15 is 0 Å². The normalized spacial score (nSPS) is 10.8. The number of hydrogen-bond acceptors (Lipinski definition) is 6. The molecule has 0 fully saturated rings. The number of nitrogens with zero attached hydrogens (tertiary/aromatic N) is 3. The first-order chi connectivity index (χ1) is 12.6. The van der Waals surface area contributed by atoms with Crippen LogP contribution in [0.2, 0.25) is 5.02 Å². The molecule has 0 radical (unpaired) electrons. The summed E-state index contributed by atoms with van der Waals surface area (Å²) in [5.41, 5.74) is 4.58. The zero-order valence-corrected chi connectivity index (χ0v) is 14.7. The zero-order valence-electron chi connectivity index (χ0n) is 13.9. The number of hydrogen-bond donors (Lipinski definition) is 2. The first-order valence-corrected chi connectivity index (χ1v) is 8.18. The SMILES string of the molecule is Cc1n[nH]c(=O)nc1N/N=C/c1cccc(OCc2ccc(Cl)cc2)c1. The van der Waals surface area contributed by atoms with Crippen molar-refractivity contribution in [3.05, 3.63) is 80.9 Å². The second-order valence-electron chi connectivity index (χ2n) is 5.43. The second-order valence-corrected chi connectivity index (χ2v) is 5.87. The number of aryl methyl sites for hydroxylation is 1. The molecule has 2 N–H and O–H groups in total. The molecule has 3 rings (SSSR count). The van der Waals surface area contributed by atoms with Gasteiger partial charge in [0.15, 0.2) is 5.82 Å². The summed E-state index contributed by atoms with van der Waals surface area (Å²) in [5.74, 6) is 1.02. The lowest BCUT2D eigenvalue weighted by molar-refractivity contribution is 0.306. The summed E-state index contributed by atoms with van der Waals surface area (Å²) in [4.78, 5) is 14.9. The van der Waals surface area contributed by atoms with Gasteiger partial charge in [0, 0.05) is 5.02 Å². The smallest absolute Gasteiger partial charge is 0.363 e. The van der Waals surface area contributed by atoms with Gasteiger partial charge in [-0.3, -0.25) is 5.43 Å². The van der Waals surface area contributed by atoms with E-state index < -0.39 is 5.69 Å². The highest BCUT2D eigenvalue weighted by molar-refractivity contribution is 6.30. The number of benzene rings is 2. The number of ether oxygens (including phenoxy) is 1. The first kappa shape index (κ1) is 17.6. The Hall–Kier alpha value is -3.19. The van der Waals surface area contributed by atoms with Crippen molar-refractivity contribution in [1.82, 2.24) is 15.2 Å². The third-order valence-corrected chi connectivity index (χ3v) is 3.69. The third-order valence-electron chi connectivity index (χ3n) is 3.44. The minimum atomic E-state index is -0.536. The molecule has 0 unspecified atom stereocenters. The summed E-state index contributed by atoms with van der Waals surface area (Å²) >= 11 is 5.87. The van der Waals surface area contributed by atoms with Gasteiger partial charge in [0.25, 0.3) is 0 Å². The van der Waals surface area contributed by atoms with Gasteiger partial charge in [0.2, 0.25) is 0 Å². The van der Waals surface area contributed by atoms with Crippen LogP contribution in [0.15, 0.2) is 58.4 Å². The van der Waals surface area contributed by atoms with Gasteiger partial charge in [0.1, 0.15) is 18.1 Å². The molecule has 3 aromatic rings. The Morgan fingerprint density at radius 3 is 2.88 bits per heavy atom. The highest BCUT2D eigenvalue weighted by Gasteiger charge is 2.01. The minimum absolute atomic E-state index is 0.306. The number of rotatable bonds is 6. The fourth-order valence-electron chi connectivity index (χ4n) is 2.10. The topological polar surface area (TPSA) is 92.3 Å². The van der Waals surface area contributed by atoms with Crippen LogP contribution in [0, 0.1) is 6.92 Å². The standard InChI is InChI=1S/C18H16ClN5O2/c1-12-17(21-18(25)24-22-12)23-20-10-14-3-2-4-16(9-14)26-11-13-5-7-15(19)8-6-13/h2-10H,11H2,1H3,(H2,21,23,24,25)/b20-10+. The van der Waals surface area contributed by atoms with Crippen molar-refractivity contribution in [3.63, 3.8) is 0 Å². The van der Waals surface area contributed by atoms with Crippen LogP contribution in [-0.2, 0) is 6.61 Å². The van der Waals surface area contributed by atoms with E-state index in [1.807, 2.05) is 48.5 Å². The summed E-state index contributed by atoms with van der Waals surface area (Å²) in [6, 6.07) is 15.0. The molecule has 8 heteroatoms. The highest BCUT2D eigenvalue weighted by Crippen LogP contribution is 2.16. The minimum Gasteiger partial charge on any atom is -0.489 e. The number of aromatic amines is 1. The van der Waals surface area contributed by atoms with Crippen LogP contribution in [0.4, 0.5) is 5.82 Å². The molecule has 0 atom stereocenters. The summed E-state index contributed by atoms with van der Waals surface area (Å²) in [6.07, 6.45) is 1.61. The molecule has 0 spiro atoms. The number of hydrazone groups is 1. The number of nitrogens with one attached hydrogen (secondary N) is 2. The lowest BCUT2D eigenvalue weighted by Gasteiger charge is -2.07. The van der Waals surface area contributed by atoms with E-state index in [2.05, 4.69) is 25.7 Å². The molecule has 0 aliphatic heterocycles. The van der Waals surface area contributed by atoms with Crippen molar-refractivity contribution in [2.24, 2.45) is 5.10 Å². The van der Waals surface area contributed by atoms with Crippen molar-refractivity contribution in [2.45, 2.75) is 13.5 Å². The van der Waals surface area contributed by atoms with Gasteiger partial charge >= 0.3 is 5.69 Å². The van der Waals surface area contributed by atoms with E-state index in [0.717, 1.165) is 16.9 Å². The Bertz CT molecular complexity index is 970. The molecule has 0 saturated heterocycles. The second kappa shape index (κ2) is 8.26. The summed E-state index contributed by atoms with van der Waals surface area (Å²) in [6.45, 7) is 2.16. The highest BCUT2D eigenvalue weighted by atomic mass is 35.5. The largest absolute Gasteiger partial charge is 0.489 e. The average Bonchev–Trinajstić information content (AvgIpc) is 2.64. The Morgan fingerprint density at radius 1 is 1.27 bits per heavy atom. The van der Waals surface area contributed by atoms with Crippen LogP contribution < -0.4 is 15.9 Å². The molecule has 0 aliphatic carbocycles. The Balaban J connectivity index is 1.62. The van der Waals surface area contributed by atoms with Gasteiger partial charge in [-0.05, 0) is 42.3 Å². The number of anilines is 1. The van der Waals surface area contributed by atoms with Crippen LogP contribution in [0.3, 0.4) is 0 Å². The summed E-state index contributed by atoms with van der Waals surface area (Å²) in [7, 11) is 0. The van der Waals surface area contributed by atoms with Crippen LogP contribution in [-0.4, -0.2) is 21.4 Å². The predicted molar refractivity (Wildman–Crippen MR) is 101 cm³/mol. The molecule has 2 aromatic carbocycles. The van der Waals surface area contributed by atoms with Crippen LogP contribution >= 0.6 is 11.6 Å². The summed E-state index contributed by atoms with van der Waals surface area (Å²) < 4.78 is 5.78.